The zero-order valence-corrected chi connectivity index (χ0v) is 31.3. The minimum Gasteiger partial charge on any atom is -0.496 e. The molecule has 0 spiro atoms. The van der Waals surface area contributed by atoms with Gasteiger partial charge in [-0.05, 0) is 24.1 Å². The van der Waals surface area contributed by atoms with Crippen LogP contribution in [0.5, 0.6) is 5.75 Å². The third kappa shape index (κ3) is 12.5. The summed E-state index contributed by atoms with van der Waals surface area (Å²) in [6.45, 7) is 13.5. The van der Waals surface area contributed by atoms with E-state index in [0.29, 0.717) is 72.5 Å². The van der Waals surface area contributed by atoms with E-state index in [0.717, 1.165) is 92.3 Å². The Morgan fingerprint density at radius 3 is 2.13 bits per heavy atom. The molecule has 0 unspecified atom stereocenters. The van der Waals surface area contributed by atoms with Crippen LogP contribution >= 0.6 is 0 Å². The third-order valence-electron chi connectivity index (χ3n) is 9.33. The molecule has 290 valence electrons. The molecule has 1 aromatic carbocycles. The van der Waals surface area contributed by atoms with Crippen molar-refractivity contribution in [2.45, 2.75) is 39.3 Å². The lowest BCUT2D eigenvalue weighted by molar-refractivity contribution is -0.137. The number of carbonyl (C=O) groups is 2. The molecular formula is C38H56N8O7. The van der Waals surface area contributed by atoms with Gasteiger partial charge in [0.25, 0.3) is 11.8 Å². The summed E-state index contributed by atoms with van der Waals surface area (Å²) in [7, 11) is 1.68. The number of unbranched alkanes of at least 4 members (excludes halogenated alkanes) is 2. The Morgan fingerprint density at radius 1 is 0.792 bits per heavy atom. The SMILES string of the molecule is CCCCCNc1nc(N)nc2ccn(Cc3ccc(COCCOCCOCCOCCN4CCN(CCN5C(=O)C=CC5=O)CC4)cc3OC)c12. The summed E-state index contributed by atoms with van der Waals surface area (Å²) in [6, 6.07) is 8.11. The Labute approximate surface area is 312 Å². The summed E-state index contributed by atoms with van der Waals surface area (Å²) >= 11 is 0. The fourth-order valence-corrected chi connectivity index (χ4v) is 6.33. The van der Waals surface area contributed by atoms with Crippen molar-refractivity contribution in [1.29, 1.82) is 0 Å². The Kier molecular flexibility index (Phi) is 16.3. The van der Waals surface area contributed by atoms with E-state index in [4.69, 9.17) is 29.4 Å². The lowest BCUT2D eigenvalue weighted by atomic mass is 10.1. The Bertz CT molecular complexity index is 1610. The van der Waals surface area contributed by atoms with Gasteiger partial charge in [-0.25, -0.2) is 4.98 Å². The predicted octanol–water partition coefficient (Wildman–Crippen LogP) is 2.78. The number of aromatic nitrogens is 3. The van der Waals surface area contributed by atoms with Crippen molar-refractivity contribution in [2.75, 3.05) is 117 Å². The molecule has 15 heteroatoms. The van der Waals surface area contributed by atoms with Crippen LogP contribution in [0.2, 0.25) is 0 Å². The van der Waals surface area contributed by atoms with Gasteiger partial charge in [0.05, 0.1) is 72.0 Å². The van der Waals surface area contributed by atoms with Gasteiger partial charge in [-0.15, -0.1) is 0 Å². The molecule has 1 saturated heterocycles. The number of piperazine rings is 1. The summed E-state index contributed by atoms with van der Waals surface area (Å²) in [6.07, 6.45) is 8.06. The number of imide groups is 1. The minimum atomic E-state index is -0.216. The van der Waals surface area contributed by atoms with Gasteiger partial charge in [-0.2, -0.15) is 4.98 Å². The highest BCUT2D eigenvalue weighted by Crippen LogP contribution is 2.27. The Balaban J connectivity index is 0.884. The maximum atomic E-state index is 11.7. The maximum absolute atomic E-state index is 11.7. The molecule has 3 aromatic rings. The summed E-state index contributed by atoms with van der Waals surface area (Å²) in [5, 5.41) is 3.45. The van der Waals surface area contributed by atoms with Crippen LogP contribution in [-0.2, 0) is 41.7 Å². The molecule has 5 rings (SSSR count). The summed E-state index contributed by atoms with van der Waals surface area (Å²) in [4.78, 5) is 38.3. The second-order valence-electron chi connectivity index (χ2n) is 13.1. The van der Waals surface area contributed by atoms with Crippen LogP contribution in [0.25, 0.3) is 11.0 Å². The second-order valence-corrected chi connectivity index (χ2v) is 13.1. The van der Waals surface area contributed by atoms with Crippen molar-refractivity contribution in [1.82, 2.24) is 29.2 Å². The standard InChI is InChI=1S/C38H56N8O7/c1-3-4-5-11-40-37-36-32(41-38(39)42-37)10-12-45(36)28-31-7-6-30(27-33(31)49-2)29-53-26-25-52-24-23-51-22-21-50-20-19-44-15-13-43(14-16-44)17-18-46-34(47)8-9-35(46)48/h6-10,12,27H,3-5,11,13-26,28-29H2,1-2H3,(H3,39,40,41,42). The molecule has 2 amide bonds. The number of rotatable bonds is 25. The van der Waals surface area contributed by atoms with Crippen LogP contribution in [0.4, 0.5) is 11.8 Å². The van der Waals surface area contributed by atoms with E-state index in [2.05, 4.69) is 48.7 Å². The van der Waals surface area contributed by atoms with Crippen LogP contribution in [-0.4, -0.2) is 147 Å². The molecule has 0 radical (unpaired) electrons. The molecule has 3 N–H and O–H groups in total. The topological polar surface area (TPSA) is 159 Å². The minimum absolute atomic E-state index is 0.216. The molecular weight excluding hydrogens is 680 g/mol. The highest BCUT2D eigenvalue weighted by molar-refractivity contribution is 6.12. The van der Waals surface area contributed by atoms with Gasteiger partial charge in [-0.1, -0.05) is 31.9 Å². The maximum Gasteiger partial charge on any atom is 0.253 e. The number of hydrogen-bond acceptors (Lipinski definition) is 13. The van der Waals surface area contributed by atoms with Gasteiger partial charge >= 0.3 is 0 Å². The number of hydrogen-bond donors (Lipinski definition) is 2. The Morgan fingerprint density at radius 2 is 1.45 bits per heavy atom. The number of benzene rings is 1. The molecule has 15 nitrogen and oxygen atoms in total. The Hall–Kier alpha value is -4.12. The zero-order chi connectivity index (χ0) is 37.3. The molecule has 2 aliphatic heterocycles. The highest BCUT2D eigenvalue weighted by Gasteiger charge is 2.24. The average Bonchev–Trinajstić information content (AvgIpc) is 3.72. The number of fused-ring (bicyclic) bond motifs is 1. The fraction of sp³-hybridized carbons (Fsp3) is 0.579. The van der Waals surface area contributed by atoms with Gasteiger partial charge in [-0.3, -0.25) is 24.3 Å². The van der Waals surface area contributed by atoms with Crippen LogP contribution in [0.1, 0.15) is 37.3 Å². The number of nitrogen functional groups attached to an aromatic ring is 1. The third-order valence-corrected chi connectivity index (χ3v) is 9.33. The first-order valence-corrected chi connectivity index (χ1v) is 18.8. The smallest absolute Gasteiger partial charge is 0.253 e. The van der Waals surface area contributed by atoms with Crippen molar-refractivity contribution in [3.8, 4) is 5.75 Å². The van der Waals surface area contributed by atoms with E-state index in [1.165, 1.54) is 17.1 Å². The van der Waals surface area contributed by atoms with Crippen LogP contribution in [0.15, 0.2) is 42.6 Å². The second kappa shape index (κ2) is 21.5. The summed E-state index contributed by atoms with van der Waals surface area (Å²) < 4.78 is 30.8. The highest BCUT2D eigenvalue weighted by atomic mass is 16.6. The normalized spacial score (nSPS) is 15.3. The number of amides is 2. The van der Waals surface area contributed by atoms with Crippen molar-refractivity contribution in [3.05, 3.63) is 53.7 Å². The van der Waals surface area contributed by atoms with Crippen molar-refractivity contribution in [2.24, 2.45) is 0 Å². The van der Waals surface area contributed by atoms with Gasteiger partial charge < -0.3 is 39.3 Å². The first kappa shape index (κ1) is 40.1. The monoisotopic (exact) mass is 736 g/mol. The molecule has 1 fully saturated rings. The van der Waals surface area contributed by atoms with Crippen LogP contribution in [0.3, 0.4) is 0 Å². The first-order chi connectivity index (χ1) is 25.9. The quantitative estimate of drug-likeness (QED) is 0.0968. The summed E-state index contributed by atoms with van der Waals surface area (Å²) in [5.41, 5.74) is 9.78. The summed E-state index contributed by atoms with van der Waals surface area (Å²) in [5.74, 6) is 1.37. The lowest BCUT2D eigenvalue weighted by Crippen LogP contribution is -2.49. The van der Waals surface area contributed by atoms with Gasteiger partial charge in [0.15, 0.2) is 5.82 Å². The zero-order valence-electron chi connectivity index (χ0n) is 31.3. The first-order valence-electron chi connectivity index (χ1n) is 18.8. The van der Waals surface area contributed by atoms with E-state index >= 15 is 0 Å². The van der Waals surface area contributed by atoms with Crippen molar-refractivity contribution in [3.63, 3.8) is 0 Å². The molecule has 0 saturated carbocycles. The fourth-order valence-electron chi connectivity index (χ4n) is 6.33. The number of anilines is 2. The van der Waals surface area contributed by atoms with Crippen molar-refractivity contribution >= 4 is 34.6 Å². The average molecular weight is 737 g/mol. The lowest BCUT2D eigenvalue weighted by Gasteiger charge is -2.35. The van der Waals surface area contributed by atoms with Crippen LogP contribution < -0.4 is 15.8 Å². The molecule has 2 aromatic heterocycles. The molecule has 0 aliphatic carbocycles. The molecule has 4 heterocycles. The van der Waals surface area contributed by atoms with Gasteiger partial charge in [0, 0.05) is 76.3 Å². The number of carbonyl (C=O) groups excluding carboxylic acids is 2. The van der Waals surface area contributed by atoms with Gasteiger partial charge in [0.1, 0.15) is 11.3 Å². The van der Waals surface area contributed by atoms with Gasteiger partial charge in [0.2, 0.25) is 5.95 Å². The number of nitrogens with zero attached hydrogens (tertiary/aromatic N) is 6. The predicted molar refractivity (Wildman–Crippen MR) is 203 cm³/mol. The molecule has 0 bridgehead atoms. The largest absolute Gasteiger partial charge is 0.496 e. The van der Waals surface area contributed by atoms with E-state index in [9.17, 15) is 9.59 Å². The van der Waals surface area contributed by atoms with E-state index in [1.807, 2.05) is 18.3 Å². The molecule has 0 atom stereocenters. The van der Waals surface area contributed by atoms with E-state index < -0.39 is 0 Å². The van der Waals surface area contributed by atoms with E-state index in [1.54, 1.807) is 7.11 Å². The van der Waals surface area contributed by atoms with Crippen molar-refractivity contribution < 1.29 is 33.3 Å². The number of nitrogens with one attached hydrogen (secondary N) is 1. The number of methoxy groups -OCH3 is 1. The number of ether oxygens (including phenoxy) is 5. The van der Waals surface area contributed by atoms with Crippen LogP contribution in [0, 0.1) is 0 Å². The molecule has 2 aliphatic rings. The molecule has 53 heavy (non-hydrogen) atoms. The van der Waals surface area contributed by atoms with E-state index in [-0.39, 0.29) is 17.8 Å². The number of nitrogens with two attached hydrogens (primary N) is 1.